The number of anilines is 1. The highest BCUT2D eigenvalue weighted by Gasteiger charge is 2.23. The van der Waals surface area contributed by atoms with Crippen LogP contribution in [0.25, 0.3) is 0 Å². The maximum absolute atomic E-state index is 12.6. The number of hydrogen-bond donors (Lipinski definition) is 1. The normalized spacial score (nSPS) is 17.6. The molecule has 1 aliphatic rings. The second kappa shape index (κ2) is 6.67. The third-order valence-corrected chi connectivity index (χ3v) is 3.65. The third kappa shape index (κ3) is 3.39. The molecule has 1 fully saturated rings. The van der Waals surface area contributed by atoms with Crippen LogP contribution in [-0.4, -0.2) is 51.3 Å². The van der Waals surface area contributed by atoms with Gasteiger partial charge < -0.3 is 24.8 Å². The molecule has 1 aromatic carbocycles. The number of carbonyl (C=O) groups excluding carboxylic acids is 1. The standard InChI is InChI=1S/C15H22N2O4/c1-17(9-10-5-4-6-21-10)15(18)12-7-11(19-2)8-13(20-3)14(12)16/h7-8,10H,4-6,9,16H2,1-3H3. The molecule has 2 rings (SSSR count). The first kappa shape index (κ1) is 15.4. The largest absolute Gasteiger partial charge is 0.497 e. The fourth-order valence-corrected chi connectivity index (χ4v) is 2.45. The predicted molar refractivity (Wildman–Crippen MR) is 79.9 cm³/mol. The van der Waals surface area contributed by atoms with E-state index in [1.54, 1.807) is 24.1 Å². The van der Waals surface area contributed by atoms with Crippen LogP contribution in [0.2, 0.25) is 0 Å². The van der Waals surface area contributed by atoms with Gasteiger partial charge in [0.2, 0.25) is 0 Å². The predicted octanol–water partition coefficient (Wildman–Crippen LogP) is 1.54. The van der Waals surface area contributed by atoms with Crippen molar-refractivity contribution in [1.29, 1.82) is 0 Å². The van der Waals surface area contributed by atoms with Crippen molar-refractivity contribution in [3.8, 4) is 11.5 Å². The van der Waals surface area contributed by atoms with Crippen LogP contribution in [0.5, 0.6) is 11.5 Å². The number of rotatable bonds is 5. The Morgan fingerprint density at radius 1 is 1.43 bits per heavy atom. The van der Waals surface area contributed by atoms with Crippen molar-refractivity contribution < 1.29 is 19.0 Å². The van der Waals surface area contributed by atoms with E-state index in [0.717, 1.165) is 19.4 Å². The van der Waals surface area contributed by atoms with E-state index in [1.165, 1.54) is 14.2 Å². The van der Waals surface area contributed by atoms with Gasteiger partial charge >= 0.3 is 0 Å². The van der Waals surface area contributed by atoms with Crippen molar-refractivity contribution in [2.45, 2.75) is 18.9 Å². The van der Waals surface area contributed by atoms with Gasteiger partial charge in [-0.2, -0.15) is 0 Å². The molecular weight excluding hydrogens is 272 g/mol. The Hall–Kier alpha value is -1.95. The Morgan fingerprint density at radius 3 is 2.76 bits per heavy atom. The van der Waals surface area contributed by atoms with Crippen LogP contribution in [0.3, 0.4) is 0 Å². The number of likely N-dealkylation sites (N-methyl/N-ethyl adjacent to an activating group) is 1. The molecule has 116 valence electrons. The Balaban J connectivity index is 2.20. The summed E-state index contributed by atoms with van der Waals surface area (Å²) in [4.78, 5) is 14.2. The summed E-state index contributed by atoms with van der Waals surface area (Å²) in [7, 11) is 4.79. The first-order valence-corrected chi connectivity index (χ1v) is 6.95. The van der Waals surface area contributed by atoms with Crippen LogP contribution in [0.1, 0.15) is 23.2 Å². The van der Waals surface area contributed by atoms with Crippen LogP contribution in [0.15, 0.2) is 12.1 Å². The highest BCUT2D eigenvalue weighted by atomic mass is 16.5. The zero-order valence-corrected chi connectivity index (χ0v) is 12.7. The van der Waals surface area contributed by atoms with E-state index in [4.69, 9.17) is 19.9 Å². The van der Waals surface area contributed by atoms with Crippen LogP contribution in [0.4, 0.5) is 5.69 Å². The van der Waals surface area contributed by atoms with Crippen LogP contribution < -0.4 is 15.2 Å². The number of benzene rings is 1. The summed E-state index contributed by atoms with van der Waals surface area (Å²) < 4.78 is 15.9. The lowest BCUT2D eigenvalue weighted by atomic mass is 10.1. The lowest BCUT2D eigenvalue weighted by molar-refractivity contribution is 0.0587. The smallest absolute Gasteiger partial charge is 0.256 e. The maximum atomic E-state index is 12.6. The van der Waals surface area contributed by atoms with Crippen LogP contribution >= 0.6 is 0 Å². The quantitative estimate of drug-likeness (QED) is 0.834. The van der Waals surface area contributed by atoms with Gasteiger partial charge in [0, 0.05) is 26.3 Å². The average molecular weight is 294 g/mol. The van der Waals surface area contributed by atoms with Gasteiger partial charge in [0.15, 0.2) is 0 Å². The summed E-state index contributed by atoms with van der Waals surface area (Å²) in [5.74, 6) is 0.804. The van der Waals surface area contributed by atoms with Gasteiger partial charge in [-0.3, -0.25) is 4.79 Å². The minimum absolute atomic E-state index is 0.104. The van der Waals surface area contributed by atoms with E-state index in [-0.39, 0.29) is 12.0 Å². The molecule has 1 saturated heterocycles. The van der Waals surface area contributed by atoms with Crippen LogP contribution in [0, 0.1) is 0 Å². The molecule has 6 heteroatoms. The minimum Gasteiger partial charge on any atom is -0.497 e. The van der Waals surface area contributed by atoms with Crippen molar-refractivity contribution >= 4 is 11.6 Å². The van der Waals surface area contributed by atoms with Gasteiger partial charge in [-0.1, -0.05) is 0 Å². The topological polar surface area (TPSA) is 74.0 Å². The molecule has 1 heterocycles. The molecule has 0 saturated carbocycles. The van der Waals surface area contributed by atoms with Gasteiger partial charge in [0.05, 0.1) is 31.6 Å². The molecule has 1 amide bonds. The Kier molecular flexibility index (Phi) is 4.90. The fraction of sp³-hybridized carbons (Fsp3) is 0.533. The molecule has 6 nitrogen and oxygen atoms in total. The number of nitrogens with two attached hydrogens (primary N) is 1. The Labute approximate surface area is 124 Å². The summed E-state index contributed by atoms with van der Waals surface area (Å²) in [5, 5.41) is 0. The highest BCUT2D eigenvalue weighted by Crippen LogP contribution is 2.31. The minimum atomic E-state index is -0.166. The SMILES string of the molecule is COc1cc(OC)c(N)c(C(=O)N(C)CC2CCCO2)c1. The molecule has 1 unspecified atom stereocenters. The van der Waals surface area contributed by atoms with Gasteiger partial charge in [0.1, 0.15) is 11.5 Å². The number of amides is 1. The molecule has 1 aliphatic heterocycles. The second-order valence-corrected chi connectivity index (χ2v) is 5.11. The maximum Gasteiger partial charge on any atom is 0.256 e. The van der Waals surface area contributed by atoms with Gasteiger partial charge in [0.25, 0.3) is 5.91 Å². The van der Waals surface area contributed by atoms with E-state index in [9.17, 15) is 4.79 Å². The number of ether oxygens (including phenoxy) is 3. The van der Waals surface area contributed by atoms with E-state index in [0.29, 0.717) is 29.3 Å². The molecule has 0 spiro atoms. The molecule has 0 aromatic heterocycles. The van der Waals surface area contributed by atoms with Crippen molar-refractivity contribution in [3.05, 3.63) is 17.7 Å². The lowest BCUT2D eigenvalue weighted by Crippen LogP contribution is -2.34. The molecule has 0 radical (unpaired) electrons. The van der Waals surface area contributed by atoms with E-state index in [2.05, 4.69) is 0 Å². The zero-order chi connectivity index (χ0) is 15.4. The lowest BCUT2D eigenvalue weighted by Gasteiger charge is -2.22. The van der Waals surface area contributed by atoms with Crippen molar-refractivity contribution in [1.82, 2.24) is 4.90 Å². The molecule has 0 aliphatic carbocycles. The molecule has 2 N–H and O–H groups in total. The monoisotopic (exact) mass is 294 g/mol. The Bertz CT molecular complexity index is 513. The van der Waals surface area contributed by atoms with E-state index < -0.39 is 0 Å². The third-order valence-electron chi connectivity index (χ3n) is 3.65. The van der Waals surface area contributed by atoms with E-state index in [1.807, 2.05) is 0 Å². The summed E-state index contributed by atoms with van der Waals surface area (Å²) in [6, 6.07) is 3.29. The number of methoxy groups -OCH3 is 2. The summed E-state index contributed by atoms with van der Waals surface area (Å²) >= 11 is 0. The average Bonchev–Trinajstić information content (AvgIpc) is 2.99. The van der Waals surface area contributed by atoms with Crippen molar-refractivity contribution in [3.63, 3.8) is 0 Å². The summed E-state index contributed by atoms with van der Waals surface area (Å²) in [6.07, 6.45) is 2.13. The van der Waals surface area contributed by atoms with Gasteiger partial charge in [-0.25, -0.2) is 0 Å². The van der Waals surface area contributed by atoms with Gasteiger partial charge in [-0.05, 0) is 18.9 Å². The first-order valence-electron chi connectivity index (χ1n) is 6.95. The van der Waals surface area contributed by atoms with E-state index >= 15 is 0 Å². The van der Waals surface area contributed by atoms with Gasteiger partial charge in [-0.15, -0.1) is 0 Å². The van der Waals surface area contributed by atoms with Crippen molar-refractivity contribution in [2.24, 2.45) is 0 Å². The number of nitrogen functional groups attached to an aromatic ring is 1. The zero-order valence-electron chi connectivity index (χ0n) is 12.7. The number of hydrogen-bond acceptors (Lipinski definition) is 5. The van der Waals surface area contributed by atoms with Crippen LogP contribution in [-0.2, 0) is 4.74 Å². The molecule has 1 aromatic rings. The fourth-order valence-electron chi connectivity index (χ4n) is 2.45. The summed E-state index contributed by atoms with van der Waals surface area (Å²) in [5.41, 5.74) is 6.71. The molecular formula is C15H22N2O4. The first-order chi connectivity index (χ1) is 10.1. The Morgan fingerprint density at radius 2 is 2.19 bits per heavy atom. The second-order valence-electron chi connectivity index (χ2n) is 5.11. The molecule has 1 atom stereocenters. The number of carbonyl (C=O) groups is 1. The number of nitrogens with zero attached hydrogens (tertiary/aromatic N) is 1. The summed E-state index contributed by atoms with van der Waals surface area (Å²) in [6.45, 7) is 1.32. The molecule has 0 bridgehead atoms. The molecule has 21 heavy (non-hydrogen) atoms. The van der Waals surface area contributed by atoms with Crippen molar-refractivity contribution in [2.75, 3.05) is 40.2 Å². The highest BCUT2D eigenvalue weighted by molar-refractivity contribution is 6.00.